The van der Waals surface area contributed by atoms with Gasteiger partial charge in [0.05, 0.1) is 0 Å². The number of hydrogen-bond donors (Lipinski definition) is 0. The molecule has 0 radical (unpaired) electrons. The quantitative estimate of drug-likeness (QED) is 0.652. The van der Waals surface area contributed by atoms with E-state index in [4.69, 9.17) is 4.98 Å². The van der Waals surface area contributed by atoms with Crippen molar-refractivity contribution >= 4 is 21.6 Å². The first kappa shape index (κ1) is 11.5. The van der Waals surface area contributed by atoms with Crippen LogP contribution in [0.3, 0.4) is 0 Å². The molecule has 90 valence electrons. The monoisotopic (exact) mass is 300 g/mol. The second kappa shape index (κ2) is 4.25. The fourth-order valence-electron chi connectivity index (χ4n) is 2.07. The number of halogens is 1. The summed E-state index contributed by atoms with van der Waals surface area (Å²) < 4.78 is 3.08. The van der Waals surface area contributed by atoms with Gasteiger partial charge in [-0.1, -0.05) is 35.9 Å². The fourth-order valence-corrected chi connectivity index (χ4v) is 2.67. The Balaban J connectivity index is 2.27. The van der Waals surface area contributed by atoms with Crippen LogP contribution in [0, 0.1) is 13.8 Å². The maximum absolute atomic E-state index is 4.73. The van der Waals surface area contributed by atoms with Crippen LogP contribution >= 0.6 is 15.9 Å². The second-order valence-corrected chi connectivity index (χ2v) is 5.25. The van der Waals surface area contributed by atoms with Gasteiger partial charge in [-0.2, -0.15) is 0 Å². The van der Waals surface area contributed by atoms with Crippen molar-refractivity contribution < 1.29 is 0 Å². The smallest absolute Gasteiger partial charge is 0.141 e. The van der Waals surface area contributed by atoms with Crippen LogP contribution in [0.5, 0.6) is 0 Å². The molecule has 0 saturated carbocycles. The molecule has 3 heteroatoms. The van der Waals surface area contributed by atoms with Gasteiger partial charge in [0.15, 0.2) is 0 Å². The fraction of sp³-hybridized carbons (Fsp3) is 0.133. The van der Waals surface area contributed by atoms with Gasteiger partial charge in [-0.05, 0) is 41.4 Å². The normalized spacial score (nSPS) is 11.1. The standard InChI is InChI=1S/C15H13BrN2/c1-10-5-7-12(8-6-10)13-14(16)18-9-3-4-11(2)15(18)17-13/h3-9H,1-2H3. The van der Waals surface area contributed by atoms with E-state index in [-0.39, 0.29) is 0 Å². The van der Waals surface area contributed by atoms with Crippen LogP contribution in [-0.2, 0) is 0 Å². The van der Waals surface area contributed by atoms with Gasteiger partial charge in [-0.3, -0.25) is 4.40 Å². The Labute approximate surface area is 114 Å². The molecule has 2 nitrogen and oxygen atoms in total. The van der Waals surface area contributed by atoms with Crippen LogP contribution in [0.4, 0.5) is 0 Å². The number of imidazole rings is 1. The molecule has 2 heterocycles. The Morgan fingerprint density at radius 1 is 1.06 bits per heavy atom. The predicted octanol–water partition coefficient (Wildman–Crippen LogP) is 4.38. The molecular weight excluding hydrogens is 288 g/mol. The molecule has 3 aromatic rings. The molecule has 18 heavy (non-hydrogen) atoms. The van der Waals surface area contributed by atoms with Crippen molar-refractivity contribution in [2.24, 2.45) is 0 Å². The molecule has 0 N–H and O–H groups in total. The van der Waals surface area contributed by atoms with Crippen molar-refractivity contribution in [1.82, 2.24) is 9.38 Å². The molecule has 0 unspecified atom stereocenters. The van der Waals surface area contributed by atoms with Crippen molar-refractivity contribution in [2.75, 3.05) is 0 Å². The van der Waals surface area contributed by atoms with E-state index in [0.717, 1.165) is 21.5 Å². The average Bonchev–Trinajstić information content (AvgIpc) is 2.70. The molecule has 0 atom stereocenters. The Hall–Kier alpha value is -1.61. The van der Waals surface area contributed by atoms with Crippen LogP contribution in [-0.4, -0.2) is 9.38 Å². The molecule has 0 bridgehead atoms. The summed E-state index contributed by atoms with van der Waals surface area (Å²) in [5, 5.41) is 0. The zero-order valence-electron chi connectivity index (χ0n) is 10.3. The minimum absolute atomic E-state index is 0.990. The van der Waals surface area contributed by atoms with Crippen molar-refractivity contribution in [2.45, 2.75) is 13.8 Å². The van der Waals surface area contributed by atoms with E-state index < -0.39 is 0 Å². The number of hydrogen-bond acceptors (Lipinski definition) is 1. The summed E-state index contributed by atoms with van der Waals surface area (Å²) in [6.07, 6.45) is 2.02. The summed E-state index contributed by atoms with van der Waals surface area (Å²) in [7, 11) is 0. The van der Waals surface area contributed by atoms with Gasteiger partial charge in [0, 0.05) is 11.8 Å². The first-order valence-electron chi connectivity index (χ1n) is 5.87. The lowest BCUT2D eigenvalue weighted by Gasteiger charge is -1.99. The maximum Gasteiger partial charge on any atom is 0.141 e. The lowest BCUT2D eigenvalue weighted by molar-refractivity contribution is 1.14. The van der Waals surface area contributed by atoms with Crippen molar-refractivity contribution in [3.63, 3.8) is 0 Å². The second-order valence-electron chi connectivity index (χ2n) is 4.50. The van der Waals surface area contributed by atoms with Crippen molar-refractivity contribution in [3.8, 4) is 11.3 Å². The summed E-state index contributed by atoms with van der Waals surface area (Å²) in [6, 6.07) is 12.5. The van der Waals surface area contributed by atoms with Crippen LogP contribution < -0.4 is 0 Å². The van der Waals surface area contributed by atoms with Crippen LogP contribution in [0.1, 0.15) is 11.1 Å². The van der Waals surface area contributed by atoms with E-state index in [2.05, 4.69) is 64.5 Å². The van der Waals surface area contributed by atoms with Crippen molar-refractivity contribution in [1.29, 1.82) is 0 Å². The number of aromatic nitrogens is 2. The summed E-state index contributed by atoms with van der Waals surface area (Å²) in [5.74, 6) is 0. The Morgan fingerprint density at radius 2 is 1.78 bits per heavy atom. The molecule has 0 aliphatic heterocycles. The Morgan fingerprint density at radius 3 is 2.44 bits per heavy atom. The number of benzene rings is 1. The van der Waals surface area contributed by atoms with Gasteiger partial charge < -0.3 is 0 Å². The van der Waals surface area contributed by atoms with Gasteiger partial charge in [-0.25, -0.2) is 4.98 Å². The van der Waals surface area contributed by atoms with E-state index in [1.54, 1.807) is 0 Å². The van der Waals surface area contributed by atoms with Crippen molar-refractivity contribution in [3.05, 3.63) is 58.3 Å². The summed E-state index contributed by atoms with van der Waals surface area (Å²) in [5.41, 5.74) is 5.56. The van der Waals surface area contributed by atoms with Gasteiger partial charge in [0.2, 0.25) is 0 Å². The third kappa shape index (κ3) is 1.75. The van der Waals surface area contributed by atoms with Crippen LogP contribution in [0.25, 0.3) is 16.9 Å². The van der Waals surface area contributed by atoms with E-state index >= 15 is 0 Å². The molecule has 3 rings (SSSR count). The first-order valence-corrected chi connectivity index (χ1v) is 6.66. The van der Waals surface area contributed by atoms with Gasteiger partial charge in [0.1, 0.15) is 15.9 Å². The number of pyridine rings is 1. The molecule has 2 aromatic heterocycles. The topological polar surface area (TPSA) is 17.3 Å². The first-order chi connectivity index (χ1) is 8.66. The number of nitrogens with zero attached hydrogens (tertiary/aromatic N) is 2. The van der Waals surface area contributed by atoms with Crippen LogP contribution in [0.15, 0.2) is 47.2 Å². The zero-order chi connectivity index (χ0) is 12.7. The number of aryl methyl sites for hydroxylation is 2. The highest BCUT2D eigenvalue weighted by atomic mass is 79.9. The highest BCUT2D eigenvalue weighted by Gasteiger charge is 2.12. The highest BCUT2D eigenvalue weighted by Crippen LogP contribution is 2.29. The summed E-state index contributed by atoms with van der Waals surface area (Å²) in [6.45, 7) is 4.17. The molecule has 0 amide bonds. The lowest BCUT2D eigenvalue weighted by Crippen LogP contribution is -1.85. The van der Waals surface area contributed by atoms with E-state index in [0.29, 0.717) is 0 Å². The van der Waals surface area contributed by atoms with E-state index in [9.17, 15) is 0 Å². The van der Waals surface area contributed by atoms with Gasteiger partial charge in [-0.15, -0.1) is 0 Å². The molecular formula is C15H13BrN2. The lowest BCUT2D eigenvalue weighted by atomic mass is 10.1. The molecule has 0 saturated heterocycles. The van der Waals surface area contributed by atoms with Crippen LogP contribution in [0.2, 0.25) is 0 Å². The van der Waals surface area contributed by atoms with E-state index in [1.165, 1.54) is 11.1 Å². The molecule has 0 aliphatic rings. The third-order valence-corrected chi connectivity index (χ3v) is 3.87. The summed E-state index contributed by atoms with van der Waals surface area (Å²) in [4.78, 5) is 4.73. The molecule has 0 fully saturated rings. The Kier molecular flexibility index (Phi) is 2.71. The largest absolute Gasteiger partial charge is 0.293 e. The van der Waals surface area contributed by atoms with E-state index in [1.807, 2.05) is 12.3 Å². The van der Waals surface area contributed by atoms with Gasteiger partial charge >= 0.3 is 0 Å². The maximum atomic E-state index is 4.73. The minimum Gasteiger partial charge on any atom is -0.293 e. The average molecular weight is 301 g/mol. The number of rotatable bonds is 1. The highest BCUT2D eigenvalue weighted by molar-refractivity contribution is 9.10. The third-order valence-electron chi connectivity index (χ3n) is 3.11. The van der Waals surface area contributed by atoms with Gasteiger partial charge in [0.25, 0.3) is 0 Å². The predicted molar refractivity (Wildman–Crippen MR) is 77.8 cm³/mol. The molecule has 1 aromatic carbocycles. The summed E-state index contributed by atoms with van der Waals surface area (Å²) >= 11 is 3.64. The minimum atomic E-state index is 0.990. The SMILES string of the molecule is Cc1ccc(-c2nc3c(C)cccn3c2Br)cc1. The molecule has 0 aliphatic carbocycles. The molecule has 0 spiro atoms. The Bertz CT molecular complexity index is 711. The number of fused-ring (bicyclic) bond motifs is 1. The zero-order valence-corrected chi connectivity index (χ0v) is 11.9.